The van der Waals surface area contributed by atoms with Crippen molar-refractivity contribution in [2.45, 2.75) is 4.90 Å². The highest BCUT2D eigenvalue weighted by Gasteiger charge is 2.22. The highest BCUT2D eigenvalue weighted by atomic mass is 35.5. The van der Waals surface area contributed by atoms with Crippen LogP contribution in [0.5, 0.6) is 0 Å². The number of nitrogens with zero attached hydrogens (tertiary/aromatic N) is 1. The molecule has 0 aromatic heterocycles. The first-order valence-electron chi connectivity index (χ1n) is 6.62. The minimum Gasteiger partial charge on any atom is -0.456 e. The average Bonchev–Trinajstić information content (AvgIpc) is 2.50. The fourth-order valence-electron chi connectivity index (χ4n) is 1.63. The molecule has 0 spiro atoms. The van der Waals surface area contributed by atoms with E-state index in [2.05, 4.69) is 11.9 Å². The lowest BCUT2D eigenvalue weighted by atomic mass is 10.2. The summed E-state index contributed by atoms with van der Waals surface area (Å²) in [5.74, 6) is -0.747. The van der Waals surface area contributed by atoms with E-state index in [4.69, 9.17) is 21.4 Å². The number of hydrogen-bond acceptors (Lipinski definition) is 6. The molecule has 0 amide bonds. The molecule has 0 atom stereocenters. The molecule has 0 fully saturated rings. The Morgan fingerprint density at radius 1 is 1.43 bits per heavy atom. The molecule has 23 heavy (non-hydrogen) atoms. The fourth-order valence-corrected chi connectivity index (χ4v) is 2.61. The molecule has 2 N–H and O–H groups in total. The van der Waals surface area contributed by atoms with Crippen molar-refractivity contribution >= 4 is 33.3 Å². The van der Waals surface area contributed by atoms with Crippen LogP contribution in [0.2, 0.25) is 0 Å². The quantitative estimate of drug-likeness (QED) is 0.676. The second kappa shape index (κ2) is 8.30. The van der Waals surface area contributed by atoms with Gasteiger partial charge in [-0.15, -0.1) is 0 Å². The molecular weight excluding hydrogens is 344 g/mol. The van der Waals surface area contributed by atoms with Gasteiger partial charge in [-0.05, 0) is 18.2 Å². The molecule has 0 aliphatic heterocycles. The summed E-state index contributed by atoms with van der Waals surface area (Å²) in [4.78, 5) is 12.1. The molecule has 0 aliphatic carbocycles. The molecule has 0 radical (unpaired) electrons. The summed E-state index contributed by atoms with van der Waals surface area (Å²) < 4.78 is 30.4. The van der Waals surface area contributed by atoms with Crippen LogP contribution in [0.15, 0.2) is 34.7 Å². The third kappa shape index (κ3) is 5.21. The summed E-state index contributed by atoms with van der Waals surface area (Å²) in [6.07, 6.45) is 0. The maximum absolute atomic E-state index is 12.2. The number of hydrogen-bond donors (Lipinski definition) is 2. The molecule has 0 aliphatic rings. The molecule has 128 valence electrons. The van der Waals surface area contributed by atoms with Crippen LogP contribution in [0, 0.1) is 0 Å². The van der Waals surface area contributed by atoms with Crippen molar-refractivity contribution in [1.82, 2.24) is 4.31 Å². The second-order valence-electron chi connectivity index (χ2n) is 4.74. The molecule has 0 saturated heterocycles. The van der Waals surface area contributed by atoms with Crippen LogP contribution >= 0.6 is 11.6 Å². The lowest BCUT2D eigenvalue weighted by Gasteiger charge is -2.15. The summed E-state index contributed by atoms with van der Waals surface area (Å²) in [6.45, 7) is 3.27. The highest BCUT2D eigenvalue weighted by molar-refractivity contribution is 7.89. The largest absolute Gasteiger partial charge is 0.456 e. The van der Waals surface area contributed by atoms with Crippen molar-refractivity contribution in [1.29, 1.82) is 0 Å². The number of anilines is 1. The van der Waals surface area contributed by atoms with Crippen molar-refractivity contribution < 1.29 is 23.1 Å². The van der Waals surface area contributed by atoms with Gasteiger partial charge in [-0.3, -0.25) is 0 Å². The molecule has 7 nitrogen and oxygen atoms in total. The van der Waals surface area contributed by atoms with Crippen LogP contribution in [-0.2, 0) is 14.8 Å². The minimum absolute atomic E-state index is 0.0271. The Balaban J connectivity index is 3.25. The standard InChI is InChI=1S/C14H19ClN2O5S/c1-10(15)9-22-14(19)12-8-11(23(20,21)17(2)3)4-5-13(12)16-6-7-18/h4-5,8,16,18H,1,6-7,9H2,2-3H3. The highest BCUT2D eigenvalue weighted by Crippen LogP contribution is 2.23. The molecule has 0 bridgehead atoms. The van der Waals surface area contributed by atoms with Gasteiger partial charge in [-0.25, -0.2) is 17.5 Å². The van der Waals surface area contributed by atoms with Crippen LogP contribution in [0.25, 0.3) is 0 Å². The van der Waals surface area contributed by atoms with Crippen LogP contribution in [-0.4, -0.2) is 57.7 Å². The zero-order chi connectivity index (χ0) is 17.6. The first kappa shape index (κ1) is 19.4. The van der Waals surface area contributed by atoms with Gasteiger partial charge in [0.1, 0.15) is 6.61 Å². The predicted molar refractivity (Wildman–Crippen MR) is 88.2 cm³/mol. The summed E-state index contributed by atoms with van der Waals surface area (Å²) >= 11 is 5.56. The number of sulfonamides is 1. The van der Waals surface area contributed by atoms with Crippen molar-refractivity contribution in [2.24, 2.45) is 0 Å². The molecular formula is C14H19ClN2O5S. The van der Waals surface area contributed by atoms with E-state index in [-0.39, 0.29) is 35.2 Å². The summed E-state index contributed by atoms with van der Waals surface area (Å²) in [5.41, 5.74) is 0.376. The van der Waals surface area contributed by atoms with Crippen molar-refractivity contribution in [3.05, 3.63) is 35.4 Å². The maximum atomic E-state index is 12.2. The van der Waals surface area contributed by atoms with E-state index in [0.29, 0.717) is 5.69 Å². The van der Waals surface area contributed by atoms with E-state index in [1.54, 1.807) is 0 Å². The third-order valence-electron chi connectivity index (χ3n) is 2.78. The Labute approximate surface area is 140 Å². The number of esters is 1. The average molecular weight is 363 g/mol. The first-order chi connectivity index (χ1) is 10.7. The van der Waals surface area contributed by atoms with E-state index >= 15 is 0 Å². The van der Waals surface area contributed by atoms with Gasteiger partial charge in [0.2, 0.25) is 10.0 Å². The van der Waals surface area contributed by atoms with Crippen molar-refractivity contribution in [3.63, 3.8) is 0 Å². The lowest BCUT2D eigenvalue weighted by molar-refractivity contribution is 0.0547. The van der Waals surface area contributed by atoms with Gasteiger partial charge in [0.15, 0.2) is 0 Å². The predicted octanol–water partition coefficient (Wildman–Crippen LogP) is 1.25. The van der Waals surface area contributed by atoms with Crippen molar-refractivity contribution in [2.75, 3.05) is 39.2 Å². The Kier molecular flexibility index (Phi) is 7.01. The van der Waals surface area contributed by atoms with E-state index in [1.165, 1.54) is 32.3 Å². The second-order valence-corrected chi connectivity index (χ2v) is 7.42. The summed E-state index contributed by atoms with van der Waals surface area (Å²) in [5, 5.41) is 11.8. The number of carbonyl (C=O) groups is 1. The minimum atomic E-state index is -3.70. The van der Waals surface area contributed by atoms with E-state index in [1.807, 2.05) is 0 Å². The molecule has 1 aromatic rings. The van der Waals surface area contributed by atoms with Crippen molar-refractivity contribution in [3.8, 4) is 0 Å². The van der Waals surface area contributed by atoms with Gasteiger partial charge in [0, 0.05) is 31.4 Å². The van der Waals surface area contributed by atoms with E-state index in [9.17, 15) is 13.2 Å². The number of ether oxygens (including phenoxy) is 1. The van der Waals surface area contributed by atoms with Gasteiger partial charge < -0.3 is 15.2 Å². The van der Waals surface area contributed by atoms with Gasteiger partial charge in [0.05, 0.1) is 17.1 Å². The van der Waals surface area contributed by atoms with Gasteiger partial charge in [-0.2, -0.15) is 0 Å². The number of aliphatic hydroxyl groups is 1. The number of benzene rings is 1. The van der Waals surface area contributed by atoms with Gasteiger partial charge >= 0.3 is 5.97 Å². The normalized spacial score (nSPS) is 11.3. The number of nitrogens with one attached hydrogen (secondary N) is 1. The third-order valence-corrected chi connectivity index (χ3v) is 4.70. The maximum Gasteiger partial charge on any atom is 0.340 e. The molecule has 0 saturated carbocycles. The van der Waals surface area contributed by atoms with Crippen LogP contribution in [0.4, 0.5) is 5.69 Å². The van der Waals surface area contributed by atoms with Gasteiger partial charge in [0.25, 0.3) is 0 Å². The van der Waals surface area contributed by atoms with E-state index < -0.39 is 16.0 Å². The monoisotopic (exact) mass is 362 g/mol. The van der Waals surface area contributed by atoms with E-state index in [0.717, 1.165) is 4.31 Å². The first-order valence-corrected chi connectivity index (χ1v) is 8.43. The van der Waals surface area contributed by atoms with Crippen LogP contribution in [0.1, 0.15) is 10.4 Å². The number of rotatable bonds is 8. The summed E-state index contributed by atoms with van der Waals surface area (Å²) in [7, 11) is -0.913. The number of aliphatic hydroxyl groups excluding tert-OH is 1. The molecule has 9 heteroatoms. The van der Waals surface area contributed by atoms with Gasteiger partial charge in [-0.1, -0.05) is 18.2 Å². The van der Waals surface area contributed by atoms with Crippen LogP contribution in [0.3, 0.4) is 0 Å². The Hall–Kier alpha value is -1.61. The summed E-state index contributed by atoms with van der Waals surface area (Å²) in [6, 6.07) is 4.03. The SMILES string of the molecule is C=C(Cl)COC(=O)c1cc(S(=O)(=O)N(C)C)ccc1NCCO. The Morgan fingerprint density at radius 2 is 2.09 bits per heavy atom. The molecule has 0 unspecified atom stereocenters. The molecule has 1 aromatic carbocycles. The Morgan fingerprint density at radius 3 is 2.61 bits per heavy atom. The Bertz CT molecular complexity index is 688. The van der Waals surface area contributed by atoms with Crippen LogP contribution < -0.4 is 5.32 Å². The molecule has 1 rings (SSSR count). The zero-order valence-corrected chi connectivity index (χ0v) is 14.4. The number of halogens is 1. The zero-order valence-electron chi connectivity index (χ0n) is 12.9. The number of carbonyl (C=O) groups excluding carboxylic acids is 1. The fraction of sp³-hybridized carbons (Fsp3) is 0.357. The smallest absolute Gasteiger partial charge is 0.340 e. The molecule has 0 heterocycles. The lowest BCUT2D eigenvalue weighted by Crippen LogP contribution is -2.23. The topological polar surface area (TPSA) is 95.9 Å².